The number of amides is 1. The van der Waals surface area contributed by atoms with Gasteiger partial charge >= 0.3 is 12.1 Å². The van der Waals surface area contributed by atoms with Crippen LogP contribution in [0.2, 0.25) is 0 Å². The van der Waals surface area contributed by atoms with Gasteiger partial charge in [-0.25, -0.2) is 4.79 Å². The van der Waals surface area contributed by atoms with Crippen molar-refractivity contribution in [2.75, 3.05) is 32.9 Å². The maximum atomic E-state index is 12.8. The van der Waals surface area contributed by atoms with Crippen LogP contribution in [0.1, 0.15) is 37.3 Å². The number of rotatable bonds is 10. The standard InChI is InChI=1S/C24H29NO5/c1-3-29-14-8-13-25(15-17(2)23(26)27)24(28)30-16-22-20-11-6-4-9-18(20)19-10-5-7-12-21(19)22/h4-7,9-12,17,22H,3,8,13-16H2,1-2H3,(H,26,27). The summed E-state index contributed by atoms with van der Waals surface area (Å²) in [6.07, 6.45) is 0.145. The van der Waals surface area contributed by atoms with Crippen molar-refractivity contribution in [3.05, 3.63) is 59.7 Å². The summed E-state index contributed by atoms with van der Waals surface area (Å²) in [4.78, 5) is 25.6. The number of fused-ring (bicyclic) bond motifs is 3. The van der Waals surface area contributed by atoms with Crippen molar-refractivity contribution < 1.29 is 24.2 Å². The van der Waals surface area contributed by atoms with Gasteiger partial charge in [0.1, 0.15) is 6.61 Å². The summed E-state index contributed by atoms with van der Waals surface area (Å²) in [5.74, 6) is -1.63. The molecule has 0 fully saturated rings. The Labute approximate surface area is 177 Å². The van der Waals surface area contributed by atoms with Gasteiger partial charge in [-0.2, -0.15) is 0 Å². The van der Waals surface area contributed by atoms with Crippen LogP contribution in [0, 0.1) is 5.92 Å². The minimum absolute atomic E-state index is 0.0245. The van der Waals surface area contributed by atoms with E-state index in [-0.39, 0.29) is 19.1 Å². The number of carboxylic acid groups (broad SMARTS) is 1. The molecular weight excluding hydrogens is 382 g/mol. The molecule has 6 heteroatoms. The summed E-state index contributed by atoms with van der Waals surface area (Å²) in [5.41, 5.74) is 4.63. The van der Waals surface area contributed by atoms with E-state index in [1.54, 1.807) is 6.92 Å². The number of benzene rings is 2. The van der Waals surface area contributed by atoms with Crippen LogP contribution in [0.5, 0.6) is 0 Å². The molecule has 6 nitrogen and oxygen atoms in total. The molecule has 0 radical (unpaired) electrons. The first kappa shape index (κ1) is 21.8. The Kier molecular flexibility index (Phi) is 7.46. The summed E-state index contributed by atoms with van der Waals surface area (Å²) in [7, 11) is 0. The number of carboxylic acids is 1. The van der Waals surface area contributed by atoms with Gasteiger partial charge in [0.25, 0.3) is 0 Å². The van der Waals surface area contributed by atoms with Crippen molar-refractivity contribution >= 4 is 12.1 Å². The molecule has 0 bridgehead atoms. The van der Waals surface area contributed by atoms with Gasteiger partial charge in [-0.1, -0.05) is 55.5 Å². The Balaban J connectivity index is 1.69. The molecule has 160 valence electrons. The van der Waals surface area contributed by atoms with E-state index in [0.29, 0.717) is 26.2 Å². The largest absolute Gasteiger partial charge is 0.481 e. The van der Waals surface area contributed by atoms with Crippen molar-refractivity contribution in [2.45, 2.75) is 26.2 Å². The maximum absolute atomic E-state index is 12.8. The quantitative estimate of drug-likeness (QED) is 0.587. The zero-order valence-electron chi connectivity index (χ0n) is 17.5. The van der Waals surface area contributed by atoms with Gasteiger partial charge in [-0.3, -0.25) is 4.79 Å². The van der Waals surface area contributed by atoms with E-state index >= 15 is 0 Å². The predicted octanol–water partition coefficient (Wildman–Crippen LogP) is 4.38. The van der Waals surface area contributed by atoms with E-state index in [2.05, 4.69) is 24.3 Å². The lowest BCUT2D eigenvalue weighted by atomic mass is 9.98. The average Bonchev–Trinajstić information content (AvgIpc) is 3.07. The van der Waals surface area contributed by atoms with E-state index in [1.165, 1.54) is 16.0 Å². The minimum atomic E-state index is -0.934. The fourth-order valence-electron chi connectivity index (χ4n) is 3.85. The number of hydrogen-bond acceptors (Lipinski definition) is 4. The van der Waals surface area contributed by atoms with Gasteiger partial charge < -0.3 is 19.5 Å². The molecule has 0 saturated heterocycles. The second-order valence-electron chi connectivity index (χ2n) is 7.54. The van der Waals surface area contributed by atoms with Crippen molar-refractivity contribution in [1.29, 1.82) is 0 Å². The van der Waals surface area contributed by atoms with Crippen molar-refractivity contribution in [3.63, 3.8) is 0 Å². The molecule has 0 spiro atoms. The molecule has 0 aromatic heterocycles. The minimum Gasteiger partial charge on any atom is -0.481 e. The fraction of sp³-hybridized carbons (Fsp3) is 0.417. The van der Waals surface area contributed by atoms with E-state index < -0.39 is 18.0 Å². The van der Waals surface area contributed by atoms with Crippen LogP contribution in [0.4, 0.5) is 4.79 Å². The first-order valence-corrected chi connectivity index (χ1v) is 10.4. The van der Waals surface area contributed by atoms with Crippen LogP contribution in [0.15, 0.2) is 48.5 Å². The average molecular weight is 411 g/mol. The van der Waals surface area contributed by atoms with Crippen LogP contribution in [0.3, 0.4) is 0 Å². The second-order valence-corrected chi connectivity index (χ2v) is 7.54. The summed E-state index contributed by atoms with van der Waals surface area (Å²) in [6.45, 7) is 5.36. The van der Waals surface area contributed by atoms with Crippen LogP contribution in [-0.2, 0) is 14.3 Å². The molecule has 2 aromatic carbocycles. The molecule has 1 aliphatic carbocycles. The fourth-order valence-corrected chi connectivity index (χ4v) is 3.85. The smallest absolute Gasteiger partial charge is 0.409 e. The molecule has 1 N–H and O–H groups in total. The maximum Gasteiger partial charge on any atom is 0.409 e. The summed E-state index contributed by atoms with van der Waals surface area (Å²) < 4.78 is 11.0. The predicted molar refractivity (Wildman–Crippen MR) is 115 cm³/mol. The van der Waals surface area contributed by atoms with Gasteiger partial charge in [0.15, 0.2) is 0 Å². The number of aliphatic carboxylic acids is 1. The third-order valence-electron chi connectivity index (χ3n) is 5.43. The van der Waals surface area contributed by atoms with E-state index in [1.807, 2.05) is 31.2 Å². The zero-order chi connectivity index (χ0) is 21.5. The van der Waals surface area contributed by atoms with Gasteiger partial charge in [-0.05, 0) is 35.6 Å². The molecule has 0 aliphatic heterocycles. The van der Waals surface area contributed by atoms with Crippen molar-refractivity contribution in [2.24, 2.45) is 5.92 Å². The number of nitrogens with zero attached hydrogens (tertiary/aromatic N) is 1. The SMILES string of the molecule is CCOCCCN(CC(C)C(=O)O)C(=O)OCC1c2ccccc2-c2ccccc21. The lowest BCUT2D eigenvalue weighted by Gasteiger charge is -2.25. The third-order valence-corrected chi connectivity index (χ3v) is 5.43. The number of carbonyl (C=O) groups excluding carboxylic acids is 1. The lowest BCUT2D eigenvalue weighted by Crippen LogP contribution is -2.38. The third kappa shape index (κ3) is 5.00. The summed E-state index contributed by atoms with van der Waals surface area (Å²) in [5, 5.41) is 9.24. The van der Waals surface area contributed by atoms with Gasteiger partial charge in [0.05, 0.1) is 5.92 Å². The molecule has 1 amide bonds. The number of ether oxygens (including phenoxy) is 2. The monoisotopic (exact) mass is 411 g/mol. The Morgan fingerprint density at radius 3 is 2.23 bits per heavy atom. The molecule has 1 atom stereocenters. The van der Waals surface area contributed by atoms with Crippen LogP contribution >= 0.6 is 0 Å². The van der Waals surface area contributed by atoms with E-state index in [9.17, 15) is 14.7 Å². The van der Waals surface area contributed by atoms with Crippen LogP contribution < -0.4 is 0 Å². The molecule has 30 heavy (non-hydrogen) atoms. The molecule has 0 heterocycles. The van der Waals surface area contributed by atoms with Gasteiger partial charge in [0, 0.05) is 32.2 Å². The molecule has 1 aliphatic rings. The molecular formula is C24H29NO5. The normalized spacial score (nSPS) is 13.4. The Hall–Kier alpha value is -2.86. The number of carbonyl (C=O) groups is 2. The number of hydrogen-bond donors (Lipinski definition) is 1. The van der Waals surface area contributed by atoms with Crippen LogP contribution in [0.25, 0.3) is 11.1 Å². The highest BCUT2D eigenvalue weighted by molar-refractivity contribution is 5.79. The highest BCUT2D eigenvalue weighted by atomic mass is 16.6. The van der Waals surface area contributed by atoms with E-state index in [0.717, 1.165) is 11.1 Å². The molecule has 3 rings (SSSR count). The van der Waals surface area contributed by atoms with Gasteiger partial charge in [0.2, 0.25) is 0 Å². The summed E-state index contributed by atoms with van der Waals surface area (Å²) in [6, 6.07) is 16.3. The highest BCUT2D eigenvalue weighted by Gasteiger charge is 2.30. The Bertz CT molecular complexity index is 836. The first-order valence-electron chi connectivity index (χ1n) is 10.4. The highest BCUT2D eigenvalue weighted by Crippen LogP contribution is 2.44. The van der Waals surface area contributed by atoms with Crippen molar-refractivity contribution in [3.8, 4) is 11.1 Å². The molecule has 0 saturated carbocycles. The van der Waals surface area contributed by atoms with Gasteiger partial charge in [-0.15, -0.1) is 0 Å². The lowest BCUT2D eigenvalue weighted by molar-refractivity contribution is -0.141. The zero-order valence-corrected chi connectivity index (χ0v) is 17.5. The van der Waals surface area contributed by atoms with Crippen molar-refractivity contribution in [1.82, 2.24) is 4.90 Å². The Morgan fingerprint density at radius 2 is 1.67 bits per heavy atom. The summed E-state index contributed by atoms with van der Waals surface area (Å²) >= 11 is 0. The Morgan fingerprint density at radius 1 is 1.07 bits per heavy atom. The second kappa shape index (κ2) is 10.3. The molecule has 1 unspecified atom stereocenters. The molecule has 2 aromatic rings. The van der Waals surface area contributed by atoms with E-state index in [4.69, 9.17) is 9.47 Å². The first-order chi connectivity index (χ1) is 14.5. The topological polar surface area (TPSA) is 76.1 Å². The van der Waals surface area contributed by atoms with Crippen LogP contribution in [-0.4, -0.2) is 55.0 Å².